The van der Waals surface area contributed by atoms with Crippen molar-refractivity contribution in [2.75, 3.05) is 0 Å². The molecule has 0 aromatic heterocycles. The van der Waals surface area contributed by atoms with Gasteiger partial charge in [-0.05, 0) is 38.5 Å². The molecule has 0 saturated heterocycles. The number of hydrogen-bond donors (Lipinski definition) is 0. The van der Waals surface area contributed by atoms with E-state index in [9.17, 15) is 0 Å². The topological polar surface area (TPSA) is 23.8 Å². The Morgan fingerprint density at radius 3 is 1.95 bits per heavy atom. The van der Waals surface area contributed by atoms with Crippen LogP contribution in [0.1, 0.15) is 90.9 Å². The van der Waals surface area contributed by atoms with Crippen molar-refractivity contribution in [1.29, 1.82) is 5.26 Å². The third kappa shape index (κ3) is 13.5. The Balaban J connectivity index is 3.18. The molecular formula is C18H33N. The van der Waals surface area contributed by atoms with Gasteiger partial charge in [0, 0.05) is 5.92 Å². The van der Waals surface area contributed by atoms with Gasteiger partial charge in [-0.15, -0.1) is 0 Å². The van der Waals surface area contributed by atoms with Crippen LogP contribution in [0.15, 0.2) is 12.2 Å². The number of hydrogen-bond acceptors (Lipinski definition) is 1. The molecule has 0 aliphatic rings. The molecule has 0 fully saturated rings. The zero-order valence-electron chi connectivity index (χ0n) is 13.2. The highest BCUT2D eigenvalue weighted by atomic mass is 14.3. The fourth-order valence-corrected chi connectivity index (χ4v) is 2.29. The van der Waals surface area contributed by atoms with Crippen LogP contribution >= 0.6 is 0 Å². The molecule has 1 unspecified atom stereocenters. The van der Waals surface area contributed by atoms with Crippen LogP contribution < -0.4 is 0 Å². The van der Waals surface area contributed by atoms with Crippen molar-refractivity contribution >= 4 is 0 Å². The summed E-state index contributed by atoms with van der Waals surface area (Å²) in [6, 6.07) is 2.38. The van der Waals surface area contributed by atoms with E-state index in [4.69, 9.17) is 5.26 Å². The van der Waals surface area contributed by atoms with Gasteiger partial charge in [0.1, 0.15) is 0 Å². The predicted octanol–water partition coefficient (Wildman–Crippen LogP) is 6.40. The van der Waals surface area contributed by atoms with E-state index in [0.717, 1.165) is 12.8 Å². The molecule has 110 valence electrons. The summed E-state index contributed by atoms with van der Waals surface area (Å²) in [6.07, 6.45) is 19.9. The molecule has 0 aromatic carbocycles. The summed E-state index contributed by atoms with van der Waals surface area (Å²) in [4.78, 5) is 0. The zero-order valence-corrected chi connectivity index (χ0v) is 13.2. The van der Waals surface area contributed by atoms with E-state index < -0.39 is 0 Å². The fourth-order valence-electron chi connectivity index (χ4n) is 2.29. The van der Waals surface area contributed by atoms with E-state index >= 15 is 0 Å². The summed E-state index contributed by atoms with van der Waals surface area (Å²) in [6.45, 7) is 4.37. The summed E-state index contributed by atoms with van der Waals surface area (Å²) in [5, 5.41) is 8.84. The lowest BCUT2D eigenvalue weighted by molar-refractivity contribution is 0.523. The Morgan fingerprint density at radius 1 is 0.842 bits per heavy atom. The zero-order chi connectivity index (χ0) is 14.2. The Kier molecular flexibility index (Phi) is 14.7. The van der Waals surface area contributed by atoms with Gasteiger partial charge in [0.05, 0.1) is 6.07 Å². The van der Waals surface area contributed by atoms with Gasteiger partial charge in [-0.3, -0.25) is 0 Å². The van der Waals surface area contributed by atoms with Crippen LogP contribution in [0, 0.1) is 17.2 Å². The minimum atomic E-state index is 0.294. The second kappa shape index (κ2) is 15.3. The molecule has 0 bridgehead atoms. The molecule has 19 heavy (non-hydrogen) atoms. The standard InChI is InChI=1S/C18H33N/c1-3-5-6-7-8-9-10-11-12-13-14-15-16-18(4-2)17-19/h9-10,18H,3-8,11-16H2,1-2H3/b10-9+. The second-order valence-electron chi connectivity index (χ2n) is 5.55. The average Bonchev–Trinajstić information content (AvgIpc) is 2.44. The first-order valence-corrected chi connectivity index (χ1v) is 8.39. The molecule has 1 heteroatoms. The Labute approximate surface area is 121 Å². The molecule has 0 rings (SSSR count). The summed E-state index contributed by atoms with van der Waals surface area (Å²) in [7, 11) is 0. The summed E-state index contributed by atoms with van der Waals surface area (Å²) in [5.41, 5.74) is 0. The summed E-state index contributed by atoms with van der Waals surface area (Å²) >= 11 is 0. The SMILES string of the molecule is CCCCCC/C=C/CCCCCCC(C#N)CC. The molecular weight excluding hydrogens is 230 g/mol. The van der Waals surface area contributed by atoms with Gasteiger partial charge < -0.3 is 0 Å². The van der Waals surface area contributed by atoms with Crippen LogP contribution in [0.4, 0.5) is 0 Å². The number of nitriles is 1. The highest BCUT2D eigenvalue weighted by molar-refractivity contribution is 4.82. The lowest BCUT2D eigenvalue weighted by Crippen LogP contribution is -1.94. The summed E-state index contributed by atoms with van der Waals surface area (Å²) in [5.74, 6) is 0.294. The van der Waals surface area contributed by atoms with Gasteiger partial charge in [-0.1, -0.05) is 64.5 Å². The third-order valence-electron chi connectivity index (χ3n) is 3.74. The van der Waals surface area contributed by atoms with Gasteiger partial charge in [-0.2, -0.15) is 5.26 Å². The van der Waals surface area contributed by atoms with Crippen molar-refractivity contribution in [3.8, 4) is 6.07 Å². The van der Waals surface area contributed by atoms with Crippen molar-refractivity contribution in [2.45, 2.75) is 90.9 Å². The quantitative estimate of drug-likeness (QED) is 0.278. The Morgan fingerprint density at radius 2 is 1.42 bits per heavy atom. The molecule has 0 aliphatic carbocycles. The smallest absolute Gasteiger partial charge is 0.0655 e. The Bertz CT molecular complexity index is 237. The molecule has 0 radical (unpaired) electrons. The molecule has 0 saturated carbocycles. The molecule has 1 nitrogen and oxygen atoms in total. The largest absolute Gasteiger partial charge is 0.198 e. The van der Waals surface area contributed by atoms with Crippen molar-refractivity contribution in [1.82, 2.24) is 0 Å². The first-order valence-electron chi connectivity index (χ1n) is 8.39. The van der Waals surface area contributed by atoms with Crippen LogP contribution in [0.2, 0.25) is 0 Å². The molecule has 0 spiro atoms. The summed E-state index contributed by atoms with van der Waals surface area (Å²) < 4.78 is 0. The molecule has 0 aliphatic heterocycles. The third-order valence-corrected chi connectivity index (χ3v) is 3.74. The average molecular weight is 263 g/mol. The van der Waals surface area contributed by atoms with Crippen LogP contribution in [-0.4, -0.2) is 0 Å². The lowest BCUT2D eigenvalue weighted by atomic mass is 9.99. The molecule has 1 atom stereocenters. The molecule has 0 aromatic rings. The molecule has 0 N–H and O–H groups in total. The highest BCUT2D eigenvalue weighted by Gasteiger charge is 2.02. The maximum atomic E-state index is 8.84. The van der Waals surface area contributed by atoms with Gasteiger partial charge in [0.25, 0.3) is 0 Å². The van der Waals surface area contributed by atoms with Crippen LogP contribution in [0.25, 0.3) is 0 Å². The van der Waals surface area contributed by atoms with Gasteiger partial charge in [0.15, 0.2) is 0 Å². The van der Waals surface area contributed by atoms with Gasteiger partial charge in [0.2, 0.25) is 0 Å². The van der Waals surface area contributed by atoms with Crippen LogP contribution in [0.5, 0.6) is 0 Å². The second-order valence-corrected chi connectivity index (χ2v) is 5.55. The monoisotopic (exact) mass is 263 g/mol. The van der Waals surface area contributed by atoms with E-state index in [2.05, 4.69) is 32.1 Å². The number of nitrogens with zero attached hydrogens (tertiary/aromatic N) is 1. The normalized spacial score (nSPS) is 12.7. The van der Waals surface area contributed by atoms with E-state index in [-0.39, 0.29) is 0 Å². The Hall–Kier alpha value is -0.770. The number of unbranched alkanes of at least 4 members (excludes halogenated alkanes) is 8. The van der Waals surface area contributed by atoms with Crippen molar-refractivity contribution < 1.29 is 0 Å². The van der Waals surface area contributed by atoms with E-state index in [1.807, 2.05) is 0 Å². The van der Waals surface area contributed by atoms with E-state index in [1.165, 1.54) is 64.2 Å². The van der Waals surface area contributed by atoms with Crippen LogP contribution in [-0.2, 0) is 0 Å². The lowest BCUT2D eigenvalue weighted by Gasteiger charge is -2.04. The van der Waals surface area contributed by atoms with Crippen molar-refractivity contribution in [2.24, 2.45) is 5.92 Å². The number of allylic oxidation sites excluding steroid dienone is 2. The minimum absolute atomic E-state index is 0.294. The van der Waals surface area contributed by atoms with Crippen LogP contribution in [0.3, 0.4) is 0 Å². The van der Waals surface area contributed by atoms with Crippen molar-refractivity contribution in [3.05, 3.63) is 12.2 Å². The first kappa shape index (κ1) is 18.2. The van der Waals surface area contributed by atoms with E-state index in [0.29, 0.717) is 5.92 Å². The first-order chi connectivity index (χ1) is 9.35. The predicted molar refractivity (Wildman–Crippen MR) is 85.0 cm³/mol. The number of rotatable bonds is 13. The maximum absolute atomic E-state index is 8.84. The van der Waals surface area contributed by atoms with Crippen molar-refractivity contribution in [3.63, 3.8) is 0 Å². The molecule has 0 heterocycles. The maximum Gasteiger partial charge on any atom is 0.0655 e. The van der Waals surface area contributed by atoms with Gasteiger partial charge >= 0.3 is 0 Å². The molecule has 0 amide bonds. The minimum Gasteiger partial charge on any atom is -0.198 e. The van der Waals surface area contributed by atoms with E-state index in [1.54, 1.807) is 0 Å². The fraction of sp³-hybridized carbons (Fsp3) is 0.833. The highest BCUT2D eigenvalue weighted by Crippen LogP contribution is 2.14. The van der Waals surface area contributed by atoms with Gasteiger partial charge in [-0.25, -0.2) is 0 Å².